The van der Waals surface area contributed by atoms with Crippen LogP contribution in [-0.4, -0.2) is 14.7 Å². The first kappa shape index (κ1) is 11.3. The molecule has 0 unspecified atom stereocenters. The predicted octanol–water partition coefficient (Wildman–Crippen LogP) is 3.02. The molecule has 4 heteroatoms. The summed E-state index contributed by atoms with van der Waals surface area (Å²) in [5.74, 6) is 0.996. The van der Waals surface area contributed by atoms with E-state index in [9.17, 15) is 4.79 Å². The third-order valence-electron chi connectivity index (χ3n) is 2.52. The van der Waals surface area contributed by atoms with Crippen LogP contribution in [0.1, 0.15) is 26.2 Å². The Morgan fingerprint density at radius 3 is 2.94 bits per heavy atom. The number of H-pyrrole nitrogens is 1. The Kier molecular flexibility index (Phi) is 3.72. The van der Waals surface area contributed by atoms with Crippen LogP contribution in [-0.2, 0) is 0 Å². The Balaban J connectivity index is 2.16. The lowest BCUT2D eigenvalue weighted by atomic mass is 10.3. The molecule has 0 amide bonds. The first-order valence-electron chi connectivity index (χ1n) is 5.66. The van der Waals surface area contributed by atoms with Gasteiger partial charge in [0.15, 0.2) is 0 Å². The molecule has 0 aliphatic carbocycles. The molecule has 2 rings (SSSR count). The summed E-state index contributed by atoms with van der Waals surface area (Å²) in [5, 5.41) is 0. The van der Waals surface area contributed by atoms with Gasteiger partial charge in [-0.2, -0.15) is 0 Å². The molecule has 1 N–H and O–H groups in total. The average molecular weight is 236 g/mol. The van der Waals surface area contributed by atoms with E-state index in [2.05, 4.69) is 11.9 Å². The first-order chi connectivity index (χ1) is 7.83. The number of nitrogens with one attached hydrogen (secondary N) is 1. The summed E-state index contributed by atoms with van der Waals surface area (Å²) in [6.07, 6.45) is 3.60. The maximum absolute atomic E-state index is 11.7. The zero-order chi connectivity index (χ0) is 11.4. The van der Waals surface area contributed by atoms with E-state index in [4.69, 9.17) is 0 Å². The molecular weight excluding hydrogens is 220 g/mol. The monoisotopic (exact) mass is 236 g/mol. The van der Waals surface area contributed by atoms with E-state index in [0.29, 0.717) is 0 Å². The Bertz CT molecular complexity index is 515. The van der Waals surface area contributed by atoms with Crippen LogP contribution in [0.15, 0.2) is 29.1 Å². The van der Waals surface area contributed by atoms with Crippen LogP contribution in [0.5, 0.6) is 0 Å². The molecule has 0 atom stereocenters. The molecule has 2 aromatic rings. The van der Waals surface area contributed by atoms with Crippen molar-refractivity contribution < 1.29 is 0 Å². The number of aromatic nitrogens is 2. The van der Waals surface area contributed by atoms with Gasteiger partial charge in [-0.05, 0) is 30.5 Å². The number of imidazole rings is 1. The molecule has 0 fully saturated rings. The number of fused-ring (bicyclic) bond motifs is 1. The van der Waals surface area contributed by atoms with Crippen LogP contribution in [0.2, 0.25) is 0 Å². The van der Waals surface area contributed by atoms with Crippen molar-refractivity contribution in [3.8, 4) is 0 Å². The fourth-order valence-electron chi connectivity index (χ4n) is 1.67. The number of benzene rings is 1. The van der Waals surface area contributed by atoms with Crippen LogP contribution >= 0.6 is 11.9 Å². The summed E-state index contributed by atoms with van der Waals surface area (Å²) in [4.78, 5) is 14.5. The van der Waals surface area contributed by atoms with E-state index >= 15 is 0 Å². The van der Waals surface area contributed by atoms with E-state index in [1.54, 1.807) is 15.9 Å². The second-order valence-corrected chi connectivity index (χ2v) is 4.81. The van der Waals surface area contributed by atoms with Gasteiger partial charge >= 0.3 is 5.69 Å². The van der Waals surface area contributed by atoms with Crippen molar-refractivity contribution in [2.45, 2.75) is 26.2 Å². The highest BCUT2D eigenvalue weighted by Gasteiger charge is 2.05. The normalized spacial score (nSPS) is 11.1. The van der Waals surface area contributed by atoms with Crippen molar-refractivity contribution in [3.05, 3.63) is 34.7 Å². The molecule has 0 radical (unpaired) electrons. The molecule has 3 nitrogen and oxygen atoms in total. The van der Waals surface area contributed by atoms with Gasteiger partial charge in [0.2, 0.25) is 0 Å². The lowest BCUT2D eigenvalue weighted by Gasteiger charge is -2.01. The van der Waals surface area contributed by atoms with Crippen molar-refractivity contribution in [3.63, 3.8) is 0 Å². The Morgan fingerprint density at radius 2 is 2.12 bits per heavy atom. The fraction of sp³-hybridized carbons (Fsp3) is 0.417. The average Bonchev–Trinajstić information content (AvgIpc) is 2.61. The summed E-state index contributed by atoms with van der Waals surface area (Å²) in [7, 11) is 0. The van der Waals surface area contributed by atoms with Gasteiger partial charge in [-0.1, -0.05) is 31.9 Å². The van der Waals surface area contributed by atoms with Crippen molar-refractivity contribution in [2.24, 2.45) is 0 Å². The minimum atomic E-state index is -0.0253. The van der Waals surface area contributed by atoms with Crippen molar-refractivity contribution in [2.75, 3.05) is 5.75 Å². The molecule has 0 saturated carbocycles. The fourth-order valence-corrected chi connectivity index (χ4v) is 2.64. The van der Waals surface area contributed by atoms with Crippen molar-refractivity contribution in [1.82, 2.24) is 8.96 Å². The number of para-hydroxylation sites is 2. The number of nitrogens with zero attached hydrogens (tertiary/aromatic N) is 1. The zero-order valence-corrected chi connectivity index (χ0v) is 10.2. The predicted molar refractivity (Wildman–Crippen MR) is 69.9 cm³/mol. The maximum atomic E-state index is 11.7. The summed E-state index contributed by atoms with van der Waals surface area (Å²) >= 11 is 1.60. The van der Waals surface area contributed by atoms with Gasteiger partial charge < -0.3 is 4.98 Å². The smallest absolute Gasteiger partial charge is 0.305 e. The highest BCUT2D eigenvalue weighted by molar-refractivity contribution is 7.97. The van der Waals surface area contributed by atoms with E-state index in [0.717, 1.165) is 23.2 Å². The largest absolute Gasteiger partial charge is 0.336 e. The summed E-state index contributed by atoms with van der Waals surface area (Å²) in [6, 6.07) is 7.79. The number of aromatic amines is 1. The van der Waals surface area contributed by atoms with Gasteiger partial charge in [0.25, 0.3) is 0 Å². The molecular formula is C12H16N2OS. The SMILES string of the molecule is CCCCCSn1c(=O)[nH]c2ccccc21. The molecule has 1 heterocycles. The van der Waals surface area contributed by atoms with E-state index in [1.165, 1.54) is 12.8 Å². The van der Waals surface area contributed by atoms with Gasteiger partial charge in [0.05, 0.1) is 11.0 Å². The number of rotatable bonds is 5. The first-order valence-corrected chi connectivity index (χ1v) is 6.60. The zero-order valence-electron chi connectivity index (χ0n) is 9.40. The maximum Gasteiger partial charge on any atom is 0.336 e. The van der Waals surface area contributed by atoms with E-state index in [1.807, 2.05) is 24.3 Å². The minimum Gasteiger partial charge on any atom is -0.305 e. The van der Waals surface area contributed by atoms with Crippen LogP contribution < -0.4 is 5.69 Å². The van der Waals surface area contributed by atoms with Gasteiger partial charge in [0.1, 0.15) is 0 Å². The van der Waals surface area contributed by atoms with Gasteiger partial charge in [-0.3, -0.25) is 0 Å². The standard InChI is InChI=1S/C12H16N2OS/c1-2-3-6-9-16-14-11-8-5-4-7-10(11)13-12(14)15/h4-5,7-8H,2-3,6,9H2,1H3,(H,13,15). The van der Waals surface area contributed by atoms with Gasteiger partial charge in [-0.15, -0.1) is 0 Å². The molecule has 1 aromatic carbocycles. The van der Waals surface area contributed by atoms with Gasteiger partial charge in [0, 0.05) is 5.75 Å². The Labute approximate surface area is 99.0 Å². The van der Waals surface area contributed by atoms with Gasteiger partial charge in [-0.25, -0.2) is 8.77 Å². The molecule has 0 bridgehead atoms. The second-order valence-electron chi connectivity index (χ2n) is 3.78. The number of hydrogen-bond acceptors (Lipinski definition) is 2. The van der Waals surface area contributed by atoms with Crippen LogP contribution in [0.25, 0.3) is 11.0 Å². The third-order valence-corrected chi connectivity index (χ3v) is 3.61. The highest BCUT2D eigenvalue weighted by atomic mass is 32.2. The molecule has 0 saturated heterocycles. The van der Waals surface area contributed by atoms with Crippen LogP contribution in [0.3, 0.4) is 0 Å². The summed E-state index contributed by atoms with van der Waals surface area (Å²) in [5.41, 5.74) is 1.87. The minimum absolute atomic E-state index is 0.0253. The van der Waals surface area contributed by atoms with Crippen LogP contribution in [0, 0.1) is 0 Å². The number of unbranched alkanes of at least 4 members (excludes halogenated alkanes) is 2. The summed E-state index contributed by atoms with van der Waals surface area (Å²) in [6.45, 7) is 2.18. The third kappa shape index (κ3) is 2.32. The topological polar surface area (TPSA) is 37.8 Å². The van der Waals surface area contributed by atoms with Crippen molar-refractivity contribution >= 4 is 23.0 Å². The van der Waals surface area contributed by atoms with Crippen molar-refractivity contribution in [1.29, 1.82) is 0 Å². The molecule has 0 aliphatic rings. The lowest BCUT2D eigenvalue weighted by molar-refractivity contribution is 0.777. The Morgan fingerprint density at radius 1 is 1.31 bits per heavy atom. The second kappa shape index (κ2) is 5.25. The van der Waals surface area contributed by atoms with E-state index in [-0.39, 0.29) is 5.69 Å². The molecule has 86 valence electrons. The lowest BCUT2D eigenvalue weighted by Crippen LogP contribution is -2.11. The van der Waals surface area contributed by atoms with E-state index < -0.39 is 0 Å². The summed E-state index contributed by atoms with van der Waals surface area (Å²) < 4.78 is 1.75. The quantitative estimate of drug-likeness (QED) is 0.810. The highest BCUT2D eigenvalue weighted by Crippen LogP contribution is 2.16. The Hall–Kier alpha value is -1.16. The molecule has 0 aliphatic heterocycles. The van der Waals surface area contributed by atoms with Crippen LogP contribution in [0.4, 0.5) is 0 Å². The molecule has 1 aromatic heterocycles. The molecule has 16 heavy (non-hydrogen) atoms. The number of hydrogen-bond donors (Lipinski definition) is 1. The molecule has 0 spiro atoms.